The van der Waals surface area contributed by atoms with Crippen LogP contribution in [-0.2, 0) is 19.9 Å². The van der Waals surface area contributed by atoms with Gasteiger partial charge in [0.1, 0.15) is 0 Å². The molecule has 0 unspecified atom stereocenters. The number of allylic oxidation sites excluding steroid dienone is 1. The molecule has 0 atom stereocenters. The van der Waals surface area contributed by atoms with Gasteiger partial charge in [-0.1, -0.05) is 6.92 Å². The first-order valence-corrected chi connectivity index (χ1v) is 8.92. The molecule has 108 valence electrons. The van der Waals surface area contributed by atoms with Crippen LogP contribution in [0.5, 0.6) is 0 Å². The molecule has 0 bridgehead atoms. The molecule has 0 spiro atoms. The van der Waals surface area contributed by atoms with E-state index in [-0.39, 0.29) is 10.6 Å². The Morgan fingerprint density at radius 1 is 1.20 bits per heavy atom. The number of anilines is 1. The lowest BCUT2D eigenvalue weighted by Crippen LogP contribution is -2.16. The van der Waals surface area contributed by atoms with Gasteiger partial charge in [0.15, 0.2) is 0 Å². The molecule has 0 amide bonds. The van der Waals surface area contributed by atoms with Crippen LogP contribution < -0.4 is 4.72 Å². The van der Waals surface area contributed by atoms with Gasteiger partial charge in [-0.15, -0.1) is 0 Å². The Kier molecular flexibility index (Phi) is 5.30. The number of hydrogen-bond donors (Lipinski definition) is 1. The highest BCUT2D eigenvalue weighted by Gasteiger charge is 2.12. The molecule has 0 radical (unpaired) electrons. The number of rotatable bonds is 6. The number of sulfonamides is 1. The highest BCUT2D eigenvalue weighted by molar-refractivity contribution is 7.94. The van der Waals surface area contributed by atoms with E-state index < -0.39 is 19.9 Å². The second-order valence-corrected chi connectivity index (χ2v) is 7.60. The van der Waals surface area contributed by atoms with Gasteiger partial charge in [-0.2, -0.15) is 5.26 Å². The standard InChI is InChI=1S/C12H14N2O4S2/c1-2-9-20(17,18)14-11-4-6-12(7-5-11)19(15,16)10-3-8-13/h3-7,10,14H,2,9H2,1H3/b10-3+. The molecule has 8 heteroatoms. The van der Waals surface area contributed by atoms with Crippen LogP contribution in [0, 0.1) is 11.3 Å². The van der Waals surface area contributed by atoms with E-state index in [0.717, 1.165) is 11.5 Å². The third kappa shape index (κ3) is 4.68. The monoisotopic (exact) mass is 314 g/mol. The summed E-state index contributed by atoms with van der Waals surface area (Å²) in [5.74, 6) is -0.00203. The van der Waals surface area contributed by atoms with Gasteiger partial charge in [-0.3, -0.25) is 4.72 Å². The molecule has 1 aromatic rings. The minimum Gasteiger partial charge on any atom is -0.284 e. The Hall–Kier alpha value is -1.85. The minimum atomic E-state index is -3.67. The lowest BCUT2D eigenvalue weighted by molar-refractivity contribution is 0.599. The normalized spacial score (nSPS) is 12.2. The maximum absolute atomic E-state index is 11.7. The minimum absolute atomic E-state index is 0.00203. The van der Waals surface area contributed by atoms with Crippen LogP contribution in [0.3, 0.4) is 0 Å². The second-order valence-electron chi connectivity index (χ2n) is 3.92. The van der Waals surface area contributed by atoms with Gasteiger partial charge in [0.25, 0.3) is 0 Å². The summed E-state index contributed by atoms with van der Waals surface area (Å²) >= 11 is 0. The molecular weight excluding hydrogens is 300 g/mol. The predicted octanol–water partition coefficient (Wildman–Crippen LogP) is 1.65. The van der Waals surface area contributed by atoms with Crippen LogP contribution in [0.25, 0.3) is 0 Å². The van der Waals surface area contributed by atoms with Crippen LogP contribution in [0.1, 0.15) is 13.3 Å². The van der Waals surface area contributed by atoms with E-state index in [9.17, 15) is 16.8 Å². The zero-order valence-corrected chi connectivity index (χ0v) is 12.4. The largest absolute Gasteiger partial charge is 0.284 e. The average molecular weight is 314 g/mol. The fourth-order valence-corrected chi connectivity index (χ4v) is 3.46. The van der Waals surface area contributed by atoms with Crippen molar-refractivity contribution >= 4 is 25.5 Å². The van der Waals surface area contributed by atoms with E-state index >= 15 is 0 Å². The molecule has 0 saturated carbocycles. The fourth-order valence-electron chi connectivity index (χ4n) is 1.41. The first kappa shape index (κ1) is 16.2. The quantitative estimate of drug-likeness (QED) is 0.804. The lowest BCUT2D eigenvalue weighted by Gasteiger charge is -2.07. The summed E-state index contributed by atoms with van der Waals surface area (Å²) in [5, 5.41) is 9.12. The van der Waals surface area contributed by atoms with Crippen LogP contribution in [-0.4, -0.2) is 22.6 Å². The number of nitriles is 1. The molecule has 0 aliphatic heterocycles. The van der Waals surface area contributed by atoms with Gasteiger partial charge in [0.05, 0.1) is 16.7 Å². The second kappa shape index (κ2) is 6.54. The highest BCUT2D eigenvalue weighted by atomic mass is 32.2. The third-order valence-corrected chi connectivity index (χ3v) is 5.17. The maximum atomic E-state index is 11.7. The fraction of sp³-hybridized carbons (Fsp3) is 0.250. The highest BCUT2D eigenvalue weighted by Crippen LogP contribution is 2.17. The SMILES string of the molecule is CCCS(=O)(=O)Nc1ccc(S(=O)(=O)/C=C/C#N)cc1. The molecule has 20 heavy (non-hydrogen) atoms. The Morgan fingerprint density at radius 3 is 2.30 bits per heavy atom. The van der Waals surface area contributed by atoms with Crippen molar-refractivity contribution in [1.29, 1.82) is 5.26 Å². The van der Waals surface area contributed by atoms with Gasteiger partial charge in [0.2, 0.25) is 19.9 Å². The van der Waals surface area contributed by atoms with Gasteiger partial charge < -0.3 is 0 Å². The molecule has 0 heterocycles. The molecule has 0 aliphatic rings. The number of nitrogens with one attached hydrogen (secondary N) is 1. The summed E-state index contributed by atoms with van der Waals surface area (Å²) < 4.78 is 48.9. The number of nitrogens with zero attached hydrogens (tertiary/aromatic N) is 1. The molecule has 1 rings (SSSR count). The van der Waals surface area contributed by atoms with E-state index in [4.69, 9.17) is 5.26 Å². The van der Waals surface area contributed by atoms with Gasteiger partial charge in [-0.25, -0.2) is 16.8 Å². The molecule has 0 saturated heterocycles. The molecule has 1 N–H and O–H groups in total. The third-order valence-electron chi connectivity index (χ3n) is 2.25. The van der Waals surface area contributed by atoms with E-state index in [1.807, 2.05) is 0 Å². The van der Waals surface area contributed by atoms with Crippen LogP contribution in [0.2, 0.25) is 0 Å². The molecule has 1 aromatic carbocycles. The number of sulfone groups is 1. The van der Waals surface area contributed by atoms with E-state index in [1.54, 1.807) is 13.0 Å². The van der Waals surface area contributed by atoms with Crippen LogP contribution in [0.4, 0.5) is 5.69 Å². The average Bonchev–Trinajstić information content (AvgIpc) is 2.36. The lowest BCUT2D eigenvalue weighted by atomic mass is 10.3. The van der Waals surface area contributed by atoms with Crippen molar-refractivity contribution in [3.05, 3.63) is 35.7 Å². The van der Waals surface area contributed by atoms with Crippen molar-refractivity contribution in [2.45, 2.75) is 18.2 Å². The van der Waals surface area contributed by atoms with Gasteiger partial charge >= 0.3 is 0 Å². The summed E-state index contributed by atoms with van der Waals surface area (Å²) in [6.07, 6.45) is 1.36. The van der Waals surface area contributed by atoms with Crippen LogP contribution >= 0.6 is 0 Å². The zero-order chi connectivity index (χ0) is 15.2. The number of hydrogen-bond acceptors (Lipinski definition) is 5. The number of benzene rings is 1. The van der Waals surface area contributed by atoms with Crippen molar-refractivity contribution in [3.8, 4) is 6.07 Å². The molecule has 6 nitrogen and oxygen atoms in total. The summed E-state index contributed by atoms with van der Waals surface area (Å²) in [6.45, 7) is 1.75. The molecular formula is C12H14N2O4S2. The van der Waals surface area contributed by atoms with Crippen molar-refractivity contribution in [2.75, 3.05) is 10.5 Å². The van der Waals surface area contributed by atoms with Crippen molar-refractivity contribution in [2.24, 2.45) is 0 Å². The summed E-state index contributed by atoms with van der Waals surface area (Å²) in [6, 6.07) is 6.88. The molecule has 0 fully saturated rings. The van der Waals surface area contributed by atoms with E-state index in [1.165, 1.54) is 24.3 Å². The van der Waals surface area contributed by atoms with Crippen molar-refractivity contribution in [1.82, 2.24) is 0 Å². The Balaban J connectivity index is 2.96. The summed E-state index contributed by atoms with van der Waals surface area (Å²) in [7, 11) is -7.08. The first-order chi connectivity index (χ1) is 9.30. The smallest absolute Gasteiger partial charge is 0.232 e. The summed E-state index contributed by atoms with van der Waals surface area (Å²) in [4.78, 5) is -0.0116. The predicted molar refractivity (Wildman–Crippen MR) is 76.1 cm³/mol. The van der Waals surface area contributed by atoms with Crippen molar-refractivity contribution in [3.63, 3.8) is 0 Å². The first-order valence-electron chi connectivity index (χ1n) is 5.72. The Bertz CT molecular complexity index is 727. The van der Waals surface area contributed by atoms with Gasteiger partial charge in [-0.05, 0) is 30.7 Å². The Morgan fingerprint density at radius 2 is 1.80 bits per heavy atom. The zero-order valence-electron chi connectivity index (χ0n) is 10.8. The topological polar surface area (TPSA) is 104 Å². The van der Waals surface area contributed by atoms with Crippen LogP contribution in [0.15, 0.2) is 40.6 Å². The van der Waals surface area contributed by atoms with E-state index in [2.05, 4.69) is 4.72 Å². The molecule has 0 aromatic heterocycles. The van der Waals surface area contributed by atoms with Crippen molar-refractivity contribution < 1.29 is 16.8 Å². The summed E-state index contributed by atoms with van der Waals surface area (Å²) in [5.41, 5.74) is 0.293. The Labute approximate surface area is 118 Å². The van der Waals surface area contributed by atoms with Gasteiger partial charge in [0, 0.05) is 17.2 Å². The van der Waals surface area contributed by atoms with E-state index in [0.29, 0.717) is 12.1 Å². The maximum Gasteiger partial charge on any atom is 0.232 e. The molecule has 0 aliphatic carbocycles.